The van der Waals surface area contributed by atoms with Crippen molar-refractivity contribution in [2.75, 3.05) is 53.1 Å². The number of hydrogen-bond acceptors (Lipinski definition) is 4. The molecule has 2 heterocycles. The van der Waals surface area contributed by atoms with Crippen molar-refractivity contribution in [2.24, 2.45) is 10.9 Å². The minimum Gasteiger partial charge on any atom is -0.381 e. The number of guanidine groups is 1. The van der Waals surface area contributed by atoms with Crippen LogP contribution in [0.4, 0.5) is 0 Å². The molecule has 1 aromatic carbocycles. The number of rotatable bonds is 10. The lowest BCUT2D eigenvalue weighted by atomic mass is 10.0. The van der Waals surface area contributed by atoms with Gasteiger partial charge in [0.1, 0.15) is 0 Å². The van der Waals surface area contributed by atoms with Gasteiger partial charge in [-0.3, -0.25) is 9.89 Å². The summed E-state index contributed by atoms with van der Waals surface area (Å²) in [5, 5.41) is 6.97. The lowest BCUT2D eigenvalue weighted by molar-refractivity contribution is 0.0203. The molecule has 2 aliphatic heterocycles. The smallest absolute Gasteiger partial charge is 0.191 e. The van der Waals surface area contributed by atoms with E-state index in [0.717, 1.165) is 71.3 Å². The van der Waals surface area contributed by atoms with Gasteiger partial charge in [0, 0.05) is 59.2 Å². The Morgan fingerprint density at radius 3 is 2.71 bits per heavy atom. The molecule has 1 unspecified atom stereocenters. The normalized spacial score (nSPS) is 20.8. The third kappa shape index (κ3) is 10.1. The molecule has 2 aliphatic rings. The van der Waals surface area contributed by atoms with Gasteiger partial charge >= 0.3 is 0 Å². The molecule has 31 heavy (non-hydrogen) atoms. The summed E-state index contributed by atoms with van der Waals surface area (Å²) in [7, 11) is 1.85. The Hall–Kier alpha value is -0.900. The molecule has 0 saturated carbocycles. The summed E-state index contributed by atoms with van der Waals surface area (Å²) in [6.45, 7) is 7.48. The predicted molar refractivity (Wildman–Crippen MR) is 138 cm³/mol. The molecule has 2 saturated heterocycles. The summed E-state index contributed by atoms with van der Waals surface area (Å²) in [4.78, 5) is 7.01. The highest BCUT2D eigenvalue weighted by Gasteiger charge is 2.22. The summed E-state index contributed by atoms with van der Waals surface area (Å²) < 4.78 is 11.2. The average Bonchev–Trinajstić information content (AvgIpc) is 2.80. The Morgan fingerprint density at radius 2 is 1.94 bits per heavy atom. The van der Waals surface area contributed by atoms with E-state index < -0.39 is 0 Å². The Bertz CT molecular complexity index is 611. The summed E-state index contributed by atoms with van der Waals surface area (Å²) in [5.74, 6) is 1.57. The third-order valence-electron chi connectivity index (χ3n) is 6.16. The molecule has 0 bridgehead atoms. The van der Waals surface area contributed by atoms with Crippen LogP contribution in [0.3, 0.4) is 0 Å². The van der Waals surface area contributed by atoms with E-state index in [9.17, 15) is 0 Å². The van der Waals surface area contributed by atoms with E-state index in [1.807, 2.05) is 7.05 Å². The summed E-state index contributed by atoms with van der Waals surface area (Å²) in [6, 6.07) is 11.4. The zero-order chi connectivity index (χ0) is 20.9. The minimum atomic E-state index is 0. The average molecular weight is 545 g/mol. The first-order chi connectivity index (χ1) is 14.8. The van der Waals surface area contributed by atoms with Crippen molar-refractivity contribution in [1.82, 2.24) is 15.5 Å². The largest absolute Gasteiger partial charge is 0.381 e. The van der Waals surface area contributed by atoms with Gasteiger partial charge in [0.15, 0.2) is 5.96 Å². The zero-order valence-corrected chi connectivity index (χ0v) is 21.4. The fraction of sp³-hybridized carbons (Fsp3) is 0.708. The van der Waals surface area contributed by atoms with Crippen LogP contribution in [0.5, 0.6) is 0 Å². The maximum Gasteiger partial charge on any atom is 0.191 e. The minimum absolute atomic E-state index is 0. The molecule has 1 aromatic rings. The highest BCUT2D eigenvalue weighted by atomic mass is 127. The van der Waals surface area contributed by atoms with E-state index in [1.54, 1.807) is 0 Å². The molecule has 0 aromatic heterocycles. The summed E-state index contributed by atoms with van der Waals surface area (Å²) in [5.41, 5.74) is 1.40. The van der Waals surface area contributed by atoms with Crippen LogP contribution in [0.2, 0.25) is 0 Å². The van der Waals surface area contributed by atoms with E-state index in [0.29, 0.717) is 12.0 Å². The Labute approximate surface area is 205 Å². The number of ether oxygens (including phenoxy) is 2. The zero-order valence-electron chi connectivity index (χ0n) is 19.1. The maximum atomic E-state index is 5.85. The number of hydrogen-bond donors (Lipinski definition) is 2. The van der Waals surface area contributed by atoms with Crippen LogP contribution < -0.4 is 10.6 Å². The molecule has 6 nitrogen and oxygen atoms in total. The highest BCUT2D eigenvalue weighted by molar-refractivity contribution is 14.0. The number of nitrogens with zero attached hydrogens (tertiary/aromatic N) is 2. The number of nitrogens with one attached hydrogen (secondary N) is 2. The van der Waals surface area contributed by atoms with Crippen LogP contribution >= 0.6 is 24.0 Å². The molecule has 0 spiro atoms. The molecule has 176 valence electrons. The van der Waals surface area contributed by atoms with Crippen molar-refractivity contribution in [2.45, 2.75) is 51.1 Å². The molecule has 2 fully saturated rings. The second-order valence-corrected chi connectivity index (χ2v) is 8.47. The molecular formula is C24H41IN4O2. The standard InChI is InChI=1S/C24H40N4O2.HI/c1-25-24(26-13-7-15-30-20-22-11-16-29-17-12-22)27-18-23-10-5-6-14-28(23)19-21-8-3-2-4-9-21;/h2-4,8-9,22-23H,5-7,10-20H2,1H3,(H2,25,26,27);1H. The van der Waals surface area contributed by atoms with Crippen LogP contribution in [0.15, 0.2) is 35.3 Å². The second-order valence-electron chi connectivity index (χ2n) is 8.47. The quantitative estimate of drug-likeness (QED) is 0.204. The molecule has 0 amide bonds. The third-order valence-corrected chi connectivity index (χ3v) is 6.16. The van der Waals surface area contributed by atoms with Gasteiger partial charge in [-0.15, -0.1) is 24.0 Å². The molecule has 7 heteroatoms. The van der Waals surface area contributed by atoms with Gasteiger partial charge in [-0.1, -0.05) is 36.8 Å². The molecule has 3 rings (SSSR count). The van der Waals surface area contributed by atoms with Crippen molar-refractivity contribution < 1.29 is 9.47 Å². The molecule has 0 radical (unpaired) electrons. The number of benzene rings is 1. The predicted octanol–water partition coefficient (Wildman–Crippen LogP) is 3.66. The van der Waals surface area contributed by atoms with Gasteiger partial charge in [0.05, 0.1) is 0 Å². The van der Waals surface area contributed by atoms with E-state index in [4.69, 9.17) is 9.47 Å². The lowest BCUT2D eigenvalue weighted by Gasteiger charge is -2.36. The van der Waals surface area contributed by atoms with Gasteiger partial charge in [0.2, 0.25) is 0 Å². The maximum absolute atomic E-state index is 5.85. The molecular weight excluding hydrogens is 503 g/mol. The van der Waals surface area contributed by atoms with Crippen molar-refractivity contribution in [1.29, 1.82) is 0 Å². The van der Waals surface area contributed by atoms with E-state index >= 15 is 0 Å². The van der Waals surface area contributed by atoms with Crippen molar-refractivity contribution in [3.05, 3.63) is 35.9 Å². The highest BCUT2D eigenvalue weighted by Crippen LogP contribution is 2.19. The first-order valence-electron chi connectivity index (χ1n) is 11.7. The van der Waals surface area contributed by atoms with E-state index in [1.165, 1.54) is 31.4 Å². The second kappa shape index (κ2) is 15.8. The van der Waals surface area contributed by atoms with Gasteiger partial charge < -0.3 is 20.1 Å². The van der Waals surface area contributed by atoms with Crippen LogP contribution in [0.1, 0.15) is 44.1 Å². The van der Waals surface area contributed by atoms with E-state index in [-0.39, 0.29) is 24.0 Å². The molecule has 2 N–H and O–H groups in total. The SMILES string of the molecule is CN=C(NCCCOCC1CCOCC1)NCC1CCCCN1Cc1ccccc1.I. The van der Waals surface area contributed by atoms with E-state index in [2.05, 4.69) is 50.9 Å². The Morgan fingerprint density at radius 1 is 1.13 bits per heavy atom. The number of likely N-dealkylation sites (tertiary alicyclic amines) is 1. The topological polar surface area (TPSA) is 58.1 Å². The van der Waals surface area contributed by atoms with Crippen LogP contribution in [-0.2, 0) is 16.0 Å². The Kier molecular flexibility index (Phi) is 13.5. The number of halogens is 1. The molecule has 1 atom stereocenters. The monoisotopic (exact) mass is 544 g/mol. The summed E-state index contributed by atoms with van der Waals surface area (Å²) in [6.07, 6.45) is 7.12. The van der Waals surface area contributed by atoms with Crippen molar-refractivity contribution in [3.63, 3.8) is 0 Å². The van der Waals surface area contributed by atoms with Crippen LogP contribution in [-0.4, -0.2) is 70.0 Å². The van der Waals surface area contributed by atoms with Gasteiger partial charge in [0.25, 0.3) is 0 Å². The fourth-order valence-corrected chi connectivity index (χ4v) is 4.30. The van der Waals surface area contributed by atoms with Gasteiger partial charge in [-0.05, 0) is 50.1 Å². The fourth-order valence-electron chi connectivity index (χ4n) is 4.30. The van der Waals surface area contributed by atoms with Gasteiger partial charge in [-0.2, -0.15) is 0 Å². The first-order valence-corrected chi connectivity index (χ1v) is 11.7. The van der Waals surface area contributed by atoms with Crippen molar-refractivity contribution >= 4 is 29.9 Å². The lowest BCUT2D eigenvalue weighted by Crippen LogP contribution is -2.49. The van der Waals surface area contributed by atoms with Crippen molar-refractivity contribution in [3.8, 4) is 0 Å². The van der Waals surface area contributed by atoms with Crippen LogP contribution in [0.25, 0.3) is 0 Å². The van der Waals surface area contributed by atoms with Gasteiger partial charge in [-0.25, -0.2) is 0 Å². The first kappa shape index (κ1) is 26.4. The molecule has 0 aliphatic carbocycles. The summed E-state index contributed by atoms with van der Waals surface area (Å²) >= 11 is 0. The Balaban J connectivity index is 0.00000341. The van der Waals surface area contributed by atoms with Crippen LogP contribution in [0, 0.1) is 5.92 Å². The number of aliphatic imine (C=N–C) groups is 1. The number of piperidine rings is 1.